The van der Waals surface area contributed by atoms with Crippen LogP contribution in [-0.2, 0) is 18.8 Å². The van der Waals surface area contributed by atoms with Gasteiger partial charge in [-0.25, -0.2) is 0 Å². The van der Waals surface area contributed by atoms with Crippen molar-refractivity contribution in [2.45, 2.75) is 49.7 Å². The van der Waals surface area contributed by atoms with E-state index in [4.69, 9.17) is 4.42 Å². The normalized spacial score (nSPS) is 18.0. The Morgan fingerprint density at radius 2 is 2.22 bits per heavy atom. The smallest absolute Gasteiger partial charge is 0.191 e. The molecule has 3 aromatic heterocycles. The number of furan rings is 1. The van der Waals surface area contributed by atoms with Crippen molar-refractivity contribution in [2.24, 2.45) is 0 Å². The van der Waals surface area contributed by atoms with Crippen molar-refractivity contribution in [3.8, 4) is 0 Å². The fourth-order valence-electron chi connectivity index (χ4n) is 3.67. The molecule has 0 spiro atoms. The minimum absolute atomic E-state index is 0.425. The van der Waals surface area contributed by atoms with E-state index in [2.05, 4.69) is 37.6 Å². The van der Waals surface area contributed by atoms with Crippen LogP contribution in [0.5, 0.6) is 0 Å². The highest BCUT2D eigenvalue weighted by Gasteiger charge is 2.27. The van der Waals surface area contributed by atoms with Crippen molar-refractivity contribution in [3.05, 3.63) is 60.1 Å². The quantitative estimate of drug-likeness (QED) is 0.576. The lowest BCUT2D eigenvalue weighted by atomic mass is 9.97. The lowest BCUT2D eigenvalue weighted by Gasteiger charge is -2.31. The van der Waals surface area contributed by atoms with Gasteiger partial charge in [-0.05, 0) is 50.1 Å². The number of likely N-dealkylation sites (tertiary alicyclic amines) is 1. The van der Waals surface area contributed by atoms with Crippen molar-refractivity contribution in [2.75, 3.05) is 13.1 Å². The first kappa shape index (κ1) is 18.3. The summed E-state index contributed by atoms with van der Waals surface area (Å²) in [6.07, 6.45) is 7.81. The standard InChI is InChI=1S/C20H25N5OS/c1-2-25-19(22-23-20(25)27-15-16-6-3-9-21-12-16)17-7-4-10-24(13-17)14-18-8-5-11-26-18/h3,5-6,8-9,11-12,17H,2,4,7,10,13-15H2,1H3. The van der Waals surface area contributed by atoms with Crippen LogP contribution < -0.4 is 0 Å². The van der Waals surface area contributed by atoms with E-state index in [-0.39, 0.29) is 0 Å². The summed E-state index contributed by atoms with van der Waals surface area (Å²) in [5.41, 5.74) is 1.21. The summed E-state index contributed by atoms with van der Waals surface area (Å²) in [7, 11) is 0. The van der Waals surface area contributed by atoms with Crippen LogP contribution in [0.15, 0.2) is 52.5 Å². The SMILES string of the molecule is CCn1c(SCc2cccnc2)nnc1C1CCCN(Cc2ccco2)C1. The zero-order valence-corrected chi connectivity index (χ0v) is 16.4. The molecular weight excluding hydrogens is 358 g/mol. The number of hydrogen-bond acceptors (Lipinski definition) is 6. The highest BCUT2D eigenvalue weighted by molar-refractivity contribution is 7.98. The van der Waals surface area contributed by atoms with Crippen LogP contribution >= 0.6 is 11.8 Å². The Morgan fingerprint density at radius 3 is 3.00 bits per heavy atom. The van der Waals surface area contributed by atoms with Crippen LogP contribution in [0.2, 0.25) is 0 Å². The van der Waals surface area contributed by atoms with Crippen molar-refractivity contribution in [1.29, 1.82) is 0 Å². The van der Waals surface area contributed by atoms with Gasteiger partial charge in [-0.2, -0.15) is 0 Å². The first-order chi connectivity index (χ1) is 13.3. The van der Waals surface area contributed by atoms with E-state index in [0.717, 1.165) is 48.7 Å². The zero-order valence-electron chi connectivity index (χ0n) is 15.6. The van der Waals surface area contributed by atoms with Gasteiger partial charge in [0.25, 0.3) is 0 Å². The summed E-state index contributed by atoms with van der Waals surface area (Å²) in [4.78, 5) is 6.65. The van der Waals surface area contributed by atoms with Crippen molar-refractivity contribution >= 4 is 11.8 Å². The number of thioether (sulfide) groups is 1. The summed E-state index contributed by atoms with van der Waals surface area (Å²) in [6.45, 7) is 6.05. The van der Waals surface area contributed by atoms with Gasteiger partial charge >= 0.3 is 0 Å². The van der Waals surface area contributed by atoms with E-state index in [0.29, 0.717) is 5.92 Å². The Bertz CT molecular complexity index is 833. The third-order valence-corrected chi connectivity index (χ3v) is 6.02. The Kier molecular flexibility index (Phi) is 5.89. The van der Waals surface area contributed by atoms with Gasteiger partial charge in [-0.3, -0.25) is 9.88 Å². The van der Waals surface area contributed by atoms with Gasteiger partial charge in [0.2, 0.25) is 0 Å². The molecule has 0 saturated carbocycles. The van der Waals surface area contributed by atoms with Gasteiger partial charge in [0.05, 0.1) is 12.8 Å². The largest absolute Gasteiger partial charge is 0.468 e. The van der Waals surface area contributed by atoms with Crippen LogP contribution in [0, 0.1) is 0 Å². The number of aromatic nitrogens is 4. The molecule has 6 nitrogen and oxygen atoms in total. The van der Waals surface area contributed by atoms with Gasteiger partial charge in [-0.15, -0.1) is 10.2 Å². The molecule has 3 aromatic rings. The first-order valence-corrected chi connectivity index (χ1v) is 10.5. The maximum atomic E-state index is 5.52. The summed E-state index contributed by atoms with van der Waals surface area (Å²) in [5, 5.41) is 10.1. The highest BCUT2D eigenvalue weighted by Crippen LogP contribution is 2.30. The third kappa shape index (κ3) is 4.42. The second-order valence-electron chi connectivity index (χ2n) is 6.89. The number of nitrogens with zero attached hydrogens (tertiary/aromatic N) is 5. The van der Waals surface area contributed by atoms with Gasteiger partial charge in [0.1, 0.15) is 11.6 Å². The molecule has 4 rings (SSSR count). The highest BCUT2D eigenvalue weighted by atomic mass is 32.2. The molecular formula is C20H25N5OS. The molecule has 0 N–H and O–H groups in total. The number of piperidine rings is 1. The van der Waals surface area contributed by atoms with E-state index in [1.54, 1.807) is 24.2 Å². The summed E-state index contributed by atoms with van der Waals surface area (Å²) < 4.78 is 7.80. The van der Waals surface area contributed by atoms with Crippen molar-refractivity contribution < 1.29 is 4.42 Å². The second-order valence-corrected chi connectivity index (χ2v) is 7.83. The van der Waals surface area contributed by atoms with Crippen LogP contribution in [0.3, 0.4) is 0 Å². The molecule has 0 bridgehead atoms. The lowest BCUT2D eigenvalue weighted by Crippen LogP contribution is -2.34. The molecule has 0 aliphatic carbocycles. The molecule has 0 aromatic carbocycles. The van der Waals surface area contributed by atoms with Gasteiger partial charge in [0, 0.05) is 37.2 Å². The van der Waals surface area contributed by atoms with Crippen LogP contribution in [0.4, 0.5) is 0 Å². The molecule has 0 radical (unpaired) electrons. The summed E-state index contributed by atoms with van der Waals surface area (Å²) >= 11 is 1.73. The molecule has 1 saturated heterocycles. The van der Waals surface area contributed by atoms with E-state index in [1.165, 1.54) is 18.4 Å². The van der Waals surface area contributed by atoms with E-state index in [9.17, 15) is 0 Å². The van der Waals surface area contributed by atoms with E-state index >= 15 is 0 Å². The molecule has 27 heavy (non-hydrogen) atoms. The first-order valence-electron chi connectivity index (χ1n) is 9.53. The van der Waals surface area contributed by atoms with Crippen molar-refractivity contribution in [1.82, 2.24) is 24.6 Å². The predicted octanol–water partition coefficient (Wildman–Crippen LogP) is 3.96. The number of pyridine rings is 1. The Labute approximate surface area is 164 Å². The lowest BCUT2D eigenvalue weighted by molar-refractivity contribution is 0.181. The Hall–Kier alpha value is -2.12. The molecule has 1 atom stereocenters. The third-order valence-electron chi connectivity index (χ3n) is 4.98. The topological polar surface area (TPSA) is 60.0 Å². The maximum absolute atomic E-state index is 5.52. The second kappa shape index (κ2) is 8.71. The van der Waals surface area contributed by atoms with E-state index < -0.39 is 0 Å². The molecule has 0 amide bonds. The van der Waals surface area contributed by atoms with Gasteiger partial charge in [-0.1, -0.05) is 17.8 Å². The van der Waals surface area contributed by atoms with Gasteiger partial charge < -0.3 is 8.98 Å². The molecule has 1 fully saturated rings. The Balaban J connectivity index is 1.44. The summed E-state index contributed by atoms with van der Waals surface area (Å²) in [5.74, 6) is 3.44. The predicted molar refractivity (Wildman–Crippen MR) is 105 cm³/mol. The van der Waals surface area contributed by atoms with Gasteiger partial charge in [0.15, 0.2) is 5.16 Å². The Morgan fingerprint density at radius 1 is 1.26 bits per heavy atom. The minimum atomic E-state index is 0.425. The molecule has 1 aliphatic rings. The molecule has 1 aliphatic heterocycles. The van der Waals surface area contributed by atoms with Crippen molar-refractivity contribution in [3.63, 3.8) is 0 Å². The average Bonchev–Trinajstić information content (AvgIpc) is 3.36. The van der Waals surface area contributed by atoms with Crippen LogP contribution in [-0.4, -0.2) is 37.7 Å². The minimum Gasteiger partial charge on any atom is -0.468 e. The van der Waals surface area contributed by atoms with Crippen LogP contribution in [0.25, 0.3) is 0 Å². The molecule has 4 heterocycles. The summed E-state index contributed by atoms with van der Waals surface area (Å²) in [6, 6.07) is 8.07. The fraction of sp³-hybridized carbons (Fsp3) is 0.450. The van der Waals surface area contributed by atoms with E-state index in [1.807, 2.05) is 24.4 Å². The monoisotopic (exact) mass is 383 g/mol. The number of hydrogen-bond donors (Lipinski definition) is 0. The fourth-order valence-corrected chi connectivity index (χ4v) is 4.61. The average molecular weight is 384 g/mol. The maximum Gasteiger partial charge on any atom is 0.191 e. The number of rotatable bonds is 7. The molecule has 1 unspecified atom stereocenters. The molecule has 142 valence electrons. The van der Waals surface area contributed by atoms with Crippen LogP contribution in [0.1, 0.15) is 42.8 Å². The molecule has 7 heteroatoms. The zero-order chi connectivity index (χ0) is 18.5.